The van der Waals surface area contributed by atoms with E-state index in [9.17, 15) is 9.90 Å². The van der Waals surface area contributed by atoms with Gasteiger partial charge in [-0.1, -0.05) is 6.07 Å². The second-order valence-electron chi connectivity index (χ2n) is 3.00. The van der Waals surface area contributed by atoms with E-state index in [0.29, 0.717) is 16.5 Å². The van der Waals surface area contributed by atoms with E-state index in [1.165, 1.54) is 0 Å². The van der Waals surface area contributed by atoms with Crippen molar-refractivity contribution in [1.82, 2.24) is 4.98 Å². The van der Waals surface area contributed by atoms with Crippen molar-refractivity contribution in [3.05, 3.63) is 40.2 Å². The Bertz CT molecular complexity index is 514. The number of aromatic nitrogens is 1. The van der Waals surface area contributed by atoms with Gasteiger partial charge in [0.15, 0.2) is 5.43 Å². The molecule has 0 fully saturated rings. The summed E-state index contributed by atoms with van der Waals surface area (Å²) in [5, 5.41) is 9.94. The zero-order chi connectivity index (χ0) is 9.42. The summed E-state index contributed by atoms with van der Waals surface area (Å²) in [6.45, 7) is 1.74. The second-order valence-corrected chi connectivity index (χ2v) is 3.00. The van der Waals surface area contributed by atoms with E-state index in [2.05, 4.69) is 4.98 Å². The minimum absolute atomic E-state index is 0.0374. The number of pyridine rings is 1. The van der Waals surface area contributed by atoms with Crippen LogP contribution >= 0.6 is 0 Å². The van der Waals surface area contributed by atoms with E-state index in [1.54, 1.807) is 31.3 Å². The van der Waals surface area contributed by atoms with Crippen LogP contribution in [0.5, 0.6) is 5.75 Å². The fraction of sp³-hybridized carbons (Fsp3) is 0.100. The Labute approximate surface area is 74.7 Å². The van der Waals surface area contributed by atoms with Crippen LogP contribution in [0.25, 0.3) is 10.9 Å². The molecule has 0 saturated heterocycles. The van der Waals surface area contributed by atoms with E-state index >= 15 is 0 Å². The normalized spacial score (nSPS) is 10.5. The highest BCUT2D eigenvalue weighted by Gasteiger charge is 2.03. The van der Waals surface area contributed by atoms with Gasteiger partial charge >= 0.3 is 0 Å². The fourth-order valence-electron chi connectivity index (χ4n) is 1.34. The monoisotopic (exact) mass is 175 g/mol. The fourth-order valence-corrected chi connectivity index (χ4v) is 1.34. The van der Waals surface area contributed by atoms with Gasteiger partial charge in [-0.15, -0.1) is 0 Å². The number of aromatic amines is 1. The highest BCUT2D eigenvalue weighted by Crippen LogP contribution is 2.18. The van der Waals surface area contributed by atoms with Gasteiger partial charge in [-0.2, -0.15) is 0 Å². The SMILES string of the molecule is Cc1c[nH]c2c(O)cccc2c1=O. The van der Waals surface area contributed by atoms with Crippen molar-refractivity contribution >= 4 is 10.9 Å². The zero-order valence-electron chi connectivity index (χ0n) is 7.16. The van der Waals surface area contributed by atoms with Gasteiger partial charge in [0.2, 0.25) is 0 Å². The van der Waals surface area contributed by atoms with Crippen molar-refractivity contribution in [2.45, 2.75) is 6.92 Å². The van der Waals surface area contributed by atoms with Crippen molar-refractivity contribution in [2.24, 2.45) is 0 Å². The number of hydrogen-bond acceptors (Lipinski definition) is 2. The Kier molecular flexibility index (Phi) is 1.59. The summed E-state index contributed by atoms with van der Waals surface area (Å²) in [5.74, 6) is 0.106. The second kappa shape index (κ2) is 2.62. The van der Waals surface area contributed by atoms with Crippen LogP contribution in [0.4, 0.5) is 0 Å². The number of nitrogens with one attached hydrogen (secondary N) is 1. The van der Waals surface area contributed by atoms with Gasteiger partial charge in [-0.25, -0.2) is 0 Å². The molecule has 0 spiro atoms. The van der Waals surface area contributed by atoms with Crippen LogP contribution in [0, 0.1) is 6.92 Å². The molecule has 0 atom stereocenters. The molecule has 2 aromatic rings. The molecular formula is C10H9NO2. The molecule has 0 radical (unpaired) electrons. The minimum Gasteiger partial charge on any atom is -0.506 e. The molecule has 2 rings (SSSR count). The number of fused-ring (bicyclic) bond motifs is 1. The molecule has 13 heavy (non-hydrogen) atoms. The molecule has 0 saturated carbocycles. The smallest absolute Gasteiger partial charge is 0.192 e. The van der Waals surface area contributed by atoms with Crippen molar-refractivity contribution in [1.29, 1.82) is 0 Å². The number of aromatic hydroxyl groups is 1. The predicted molar refractivity (Wildman–Crippen MR) is 51.0 cm³/mol. The quantitative estimate of drug-likeness (QED) is 0.638. The number of para-hydroxylation sites is 1. The van der Waals surface area contributed by atoms with Crippen molar-refractivity contribution in [3.8, 4) is 5.75 Å². The number of benzene rings is 1. The van der Waals surface area contributed by atoms with Gasteiger partial charge in [-0.05, 0) is 19.1 Å². The standard InChI is InChI=1S/C10H9NO2/c1-6-5-11-9-7(10(6)13)3-2-4-8(9)12/h2-5,12H,1H3,(H,11,13). The Morgan fingerprint density at radius 1 is 1.38 bits per heavy atom. The molecular weight excluding hydrogens is 166 g/mol. The lowest BCUT2D eigenvalue weighted by molar-refractivity contribution is 0.480. The number of aryl methyl sites for hydroxylation is 1. The first-order valence-electron chi connectivity index (χ1n) is 4.00. The summed E-state index contributed by atoms with van der Waals surface area (Å²) >= 11 is 0. The summed E-state index contributed by atoms with van der Waals surface area (Å²) in [4.78, 5) is 14.4. The topological polar surface area (TPSA) is 53.1 Å². The van der Waals surface area contributed by atoms with Crippen LogP contribution in [0.1, 0.15) is 5.56 Å². The van der Waals surface area contributed by atoms with Gasteiger partial charge in [0.05, 0.1) is 5.52 Å². The summed E-state index contributed by atoms with van der Waals surface area (Å²) in [6, 6.07) is 4.90. The van der Waals surface area contributed by atoms with Gasteiger partial charge < -0.3 is 10.1 Å². The van der Waals surface area contributed by atoms with Crippen molar-refractivity contribution < 1.29 is 5.11 Å². The van der Waals surface area contributed by atoms with Gasteiger partial charge in [-0.3, -0.25) is 4.79 Å². The van der Waals surface area contributed by atoms with Crippen molar-refractivity contribution in [3.63, 3.8) is 0 Å². The molecule has 1 heterocycles. The lowest BCUT2D eigenvalue weighted by Crippen LogP contribution is -2.05. The van der Waals surface area contributed by atoms with Crippen LogP contribution in [0.15, 0.2) is 29.2 Å². The number of rotatable bonds is 0. The molecule has 0 aliphatic heterocycles. The minimum atomic E-state index is -0.0374. The third-order valence-electron chi connectivity index (χ3n) is 2.08. The lowest BCUT2D eigenvalue weighted by atomic mass is 10.1. The first kappa shape index (κ1) is 7.86. The highest BCUT2D eigenvalue weighted by molar-refractivity contribution is 5.84. The third-order valence-corrected chi connectivity index (χ3v) is 2.08. The third kappa shape index (κ3) is 1.09. The van der Waals surface area contributed by atoms with Crippen LogP contribution in [-0.2, 0) is 0 Å². The number of phenols is 1. The van der Waals surface area contributed by atoms with Gasteiger partial charge in [0.25, 0.3) is 0 Å². The van der Waals surface area contributed by atoms with E-state index in [4.69, 9.17) is 0 Å². The number of hydrogen-bond donors (Lipinski definition) is 2. The van der Waals surface area contributed by atoms with Crippen LogP contribution in [0.3, 0.4) is 0 Å². The molecule has 66 valence electrons. The molecule has 0 unspecified atom stereocenters. The Morgan fingerprint density at radius 2 is 2.15 bits per heavy atom. The number of H-pyrrole nitrogens is 1. The molecule has 2 N–H and O–H groups in total. The van der Waals surface area contributed by atoms with Crippen LogP contribution in [-0.4, -0.2) is 10.1 Å². The average molecular weight is 175 g/mol. The van der Waals surface area contributed by atoms with Gasteiger partial charge in [0, 0.05) is 17.1 Å². The average Bonchev–Trinajstić information content (AvgIpc) is 2.12. The maximum atomic E-state index is 11.5. The Balaban J connectivity index is 3.03. The van der Waals surface area contributed by atoms with Crippen LogP contribution < -0.4 is 5.43 Å². The van der Waals surface area contributed by atoms with Gasteiger partial charge in [0.1, 0.15) is 5.75 Å². The predicted octanol–water partition coefficient (Wildman–Crippen LogP) is 1.54. The molecule has 1 aromatic heterocycles. The molecule has 0 aliphatic carbocycles. The Hall–Kier alpha value is -1.77. The Morgan fingerprint density at radius 3 is 2.92 bits per heavy atom. The first-order chi connectivity index (χ1) is 6.20. The summed E-state index contributed by atoms with van der Waals surface area (Å²) in [7, 11) is 0. The molecule has 3 nitrogen and oxygen atoms in total. The first-order valence-corrected chi connectivity index (χ1v) is 4.00. The maximum Gasteiger partial charge on any atom is 0.192 e. The van der Waals surface area contributed by atoms with E-state index in [0.717, 1.165) is 0 Å². The van der Waals surface area contributed by atoms with E-state index in [1.807, 2.05) is 0 Å². The molecule has 1 aromatic carbocycles. The molecule has 3 heteroatoms. The molecule has 0 bridgehead atoms. The lowest BCUT2D eigenvalue weighted by Gasteiger charge is -2.00. The number of phenolic OH excluding ortho intramolecular Hbond substituents is 1. The maximum absolute atomic E-state index is 11.5. The summed E-state index contributed by atoms with van der Waals surface area (Å²) in [6.07, 6.45) is 1.60. The largest absolute Gasteiger partial charge is 0.506 e. The summed E-state index contributed by atoms with van der Waals surface area (Å²) in [5.41, 5.74) is 1.11. The highest BCUT2D eigenvalue weighted by atomic mass is 16.3. The van der Waals surface area contributed by atoms with E-state index in [-0.39, 0.29) is 11.2 Å². The van der Waals surface area contributed by atoms with Crippen LogP contribution in [0.2, 0.25) is 0 Å². The van der Waals surface area contributed by atoms with Crippen molar-refractivity contribution in [2.75, 3.05) is 0 Å². The summed E-state index contributed by atoms with van der Waals surface area (Å²) < 4.78 is 0. The zero-order valence-corrected chi connectivity index (χ0v) is 7.16. The molecule has 0 aliphatic rings. The molecule has 0 amide bonds. The van der Waals surface area contributed by atoms with E-state index < -0.39 is 0 Å².